The third kappa shape index (κ3) is 4.33. The van der Waals surface area contributed by atoms with Crippen molar-refractivity contribution in [3.8, 4) is 0 Å². The molecule has 1 amide bonds. The van der Waals surface area contributed by atoms with E-state index >= 15 is 0 Å². The predicted molar refractivity (Wildman–Crippen MR) is 66.1 cm³/mol. The van der Waals surface area contributed by atoms with Crippen LogP contribution in [0.15, 0.2) is 12.1 Å². The van der Waals surface area contributed by atoms with E-state index in [0.29, 0.717) is 21.6 Å². The first kappa shape index (κ1) is 13.2. The third-order valence-electron chi connectivity index (χ3n) is 1.89. The first-order valence-electron chi connectivity index (χ1n) is 5.04. The van der Waals surface area contributed by atoms with E-state index in [2.05, 4.69) is 5.32 Å². The average molecular weight is 260 g/mol. The van der Waals surface area contributed by atoms with Gasteiger partial charge < -0.3 is 5.32 Å². The van der Waals surface area contributed by atoms with Crippen LogP contribution in [0.5, 0.6) is 0 Å². The van der Waals surface area contributed by atoms with Crippen molar-refractivity contribution in [2.24, 2.45) is 5.92 Å². The van der Waals surface area contributed by atoms with E-state index in [0.717, 1.165) is 0 Å². The monoisotopic (exact) mass is 259 g/mol. The normalized spacial score (nSPS) is 10.5. The maximum Gasteiger partial charge on any atom is 0.220 e. The van der Waals surface area contributed by atoms with Crippen LogP contribution in [0.2, 0.25) is 4.34 Å². The quantitative estimate of drug-likeness (QED) is 0.827. The minimum Gasteiger partial charge on any atom is -0.349 e. The van der Waals surface area contributed by atoms with Crippen LogP contribution in [0.3, 0.4) is 0 Å². The van der Waals surface area contributed by atoms with Crippen LogP contribution >= 0.6 is 22.9 Å². The Labute approximate surface area is 104 Å². The van der Waals surface area contributed by atoms with Crippen LogP contribution in [0.4, 0.5) is 0 Å². The maximum atomic E-state index is 11.6. The van der Waals surface area contributed by atoms with Gasteiger partial charge in [-0.2, -0.15) is 0 Å². The number of amides is 1. The van der Waals surface area contributed by atoms with Crippen molar-refractivity contribution in [3.63, 3.8) is 0 Å². The highest BCUT2D eigenvalue weighted by Gasteiger charge is 2.11. The van der Waals surface area contributed by atoms with Gasteiger partial charge in [0.1, 0.15) is 0 Å². The molecule has 0 fully saturated rings. The van der Waals surface area contributed by atoms with E-state index in [-0.39, 0.29) is 18.2 Å². The molecule has 0 unspecified atom stereocenters. The number of nitrogens with one attached hydrogen (secondary N) is 1. The van der Waals surface area contributed by atoms with Gasteiger partial charge >= 0.3 is 0 Å². The maximum absolute atomic E-state index is 11.6. The van der Waals surface area contributed by atoms with Crippen molar-refractivity contribution >= 4 is 34.6 Å². The van der Waals surface area contributed by atoms with Crippen molar-refractivity contribution in [2.75, 3.05) is 6.54 Å². The minimum atomic E-state index is -0.103. The summed E-state index contributed by atoms with van der Waals surface area (Å²) in [5.41, 5.74) is 0. The Bertz CT molecular complexity index is 387. The Morgan fingerprint density at radius 1 is 1.44 bits per heavy atom. The summed E-state index contributed by atoms with van der Waals surface area (Å²) in [5, 5.41) is 2.60. The fourth-order valence-electron chi connectivity index (χ4n) is 1.17. The van der Waals surface area contributed by atoms with Gasteiger partial charge in [-0.3, -0.25) is 9.59 Å². The first-order valence-corrected chi connectivity index (χ1v) is 6.23. The largest absolute Gasteiger partial charge is 0.349 e. The summed E-state index contributed by atoms with van der Waals surface area (Å²) in [6.07, 6.45) is 0.443. The number of halogens is 1. The number of hydrogen-bond acceptors (Lipinski definition) is 3. The highest BCUT2D eigenvalue weighted by Crippen LogP contribution is 2.21. The Kier molecular flexibility index (Phi) is 4.96. The zero-order chi connectivity index (χ0) is 12.1. The zero-order valence-electron chi connectivity index (χ0n) is 9.25. The SMILES string of the molecule is CC(C)CC(=O)NCC(=O)c1ccc(Cl)s1. The van der Waals surface area contributed by atoms with Gasteiger partial charge in [0.2, 0.25) is 5.91 Å². The van der Waals surface area contributed by atoms with Gasteiger partial charge in [-0.15, -0.1) is 11.3 Å². The fourth-order valence-corrected chi connectivity index (χ4v) is 2.15. The van der Waals surface area contributed by atoms with E-state index in [1.54, 1.807) is 12.1 Å². The number of hydrogen-bond donors (Lipinski definition) is 1. The van der Waals surface area contributed by atoms with Gasteiger partial charge in [0.25, 0.3) is 0 Å². The highest BCUT2D eigenvalue weighted by atomic mass is 35.5. The lowest BCUT2D eigenvalue weighted by Crippen LogP contribution is -2.29. The second kappa shape index (κ2) is 6.01. The van der Waals surface area contributed by atoms with Crippen LogP contribution < -0.4 is 5.32 Å². The lowest BCUT2D eigenvalue weighted by atomic mass is 10.1. The van der Waals surface area contributed by atoms with Crippen molar-refractivity contribution in [3.05, 3.63) is 21.3 Å². The summed E-state index contributed by atoms with van der Waals surface area (Å²) in [4.78, 5) is 23.5. The molecule has 0 aliphatic heterocycles. The molecule has 1 N–H and O–H groups in total. The van der Waals surface area contributed by atoms with Gasteiger partial charge in [-0.25, -0.2) is 0 Å². The molecule has 1 aromatic rings. The summed E-state index contributed by atoms with van der Waals surface area (Å²) in [6, 6.07) is 3.35. The molecular formula is C11H14ClNO2S. The molecule has 0 bridgehead atoms. The molecule has 0 aliphatic carbocycles. The van der Waals surface area contributed by atoms with Gasteiger partial charge in [-0.05, 0) is 18.1 Å². The van der Waals surface area contributed by atoms with Crippen LogP contribution in [0.25, 0.3) is 0 Å². The third-order valence-corrected chi connectivity index (χ3v) is 3.16. The molecule has 0 spiro atoms. The standard InChI is InChI=1S/C11H14ClNO2S/c1-7(2)5-11(15)13-6-8(14)9-3-4-10(12)16-9/h3-4,7H,5-6H2,1-2H3,(H,13,15). The molecule has 16 heavy (non-hydrogen) atoms. The van der Waals surface area contributed by atoms with Crippen LogP contribution in [0, 0.1) is 5.92 Å². The molecule has 0 aromatic carbocycles. The Morgan fingerprint density at radius 3 is 2.62 bits per heavy atom. The molecule has 5 heteroatoms. The number of Topliss-reactive ketones (excluding diaryl/α,β-unsaturated/α-hetero) is 1. The Hall–Kier alpha value is -0.870. The topological polar surface area (TPSA) is 46.2 Å². The van der Waals surface area contributed by atoms with E-state index in [1.807, 2.05) is 13.8 Å². The smallest absolute Gasteiger partial charge is 0.220 e. The molecule has 1 heterocycles. The number of carbonyl (C=O) groups is 2. The van der Waals surface area contributed by atoms with Crippen LogP contribution in [-0.4, -0.2) is 18.2 Å². The molecule has 3 nitrogen and oxygen atoms in total. The summed E-state index contributed by atoms with van der Waals surface area (Å²) in [7, 11) is 0. The van der Waals surface area contributed by atoms with Gasteiger partial charge in [-0.1, -0.05) is 25.4 Å². The molecule has 1 aromatic heterocycles. The number of thiophene rings is 1. The molecule has 0 atom stereocenters. The first-order chi connectivity index (χ1) is 7.49. The van der Waals surface area contributed by atoms with E-state index in [1.165, 1.54) is 11.3 Å². The number of rotatable bonds is 5. The van der Waals surface area contributed by atoms with Crippen molar-refractivity contribution < 1.29 is 9.59 Å². The molecular weight excluding hydrogens is 246 g/mol. The van der Waals surface area contributed by atoms with Crippen molar-refractivity contribution in [1.29, 1.82) is 0 Å². The Balaban J connectivity index is 2.38. The number of ketones is 1. The van der Waals surface area contributed by atoms with Gasteiger partial charge in [0.05, 0.1) is 15.8 Å². The highest BCUT2D eigenvalue weighted by molar-refractivity contribution is 7.18. The second-order valence-electron chi connectivity index (χ2n) is 3.90. The van der Waals surface area contributed by atoms with Crippen LogP contribution in [-0.2, 0) is 4.79 Å². The summed E-state index contributed by atoms with van der Waals surface area (Å²) < 4.78 is 0.580. The van der Waals surface area contributed by atoms with E-state index in [9.17, 15) is 9.59 Å². The Morgan fingerprint density at radius 2 is 2.12 bits per heavy atom. The summed E-state index contributed by atoms with van der Waals surface area (Å²) >= 11 is 6.94. The lowest BCUT2D eigenvalue weighted by molar-refractivity contribution is -0.121. The van der Waals surface area contributed by atoms with Gasteiger partial charge in [0, 0.05) is 6.42 Å². The molecule has 1 rings (SSSR count). The zero-order valence-corrected chi connectivity index (χ0v) is 10.8. The average Bonchev–Trinajstić information content (AvgIpc) is 2.60. The second-order valence-corrected chi connectivity index (χ2v) is 5.62. The molecule has 0 saturated heterocycles. The summed E-state index contributed by atoms with van der Waals surface area (Å²) in [6.45, 7) is 3.96. The fraction of sp³-hybridized carbons (Fsp3) is 0.455. The van der Waals surface area contributed by atoms with Crippen molar-refractivity contribution in [1.82, 2.24) is 5.32 Å². The lowest BCUT2D eigenvalue weighted by Gasteiger charge is -2.05. The minimum absolute atomic E-state index is 0.0440. The number of carbonyl (C=O) groups excluding carboxylic acids is 2. The molecule has 0 radical (unpaired) electrons. The molecule has 0 aliphatic rings. The summed E-state index contributed by atoms with van der Waals surface area (Å²) in [5.74, 6) is 0.103. The van der Waals surface area contributed by atoms with Crippen molar-refractivity contribution in [2.45, 2.75) is 20.3 Å². The molecule has 0 saturated carbocycles. The van der Waals surface area contributed by atoms with E-state index < -0.39 is 0 Å². The van der Waals surface area contributed by atoms with Crippen LogP contribution in [0.1, 0.15) is 29.9 Å². The van der Waals surface area contributed by atoms with E-state index in [4.69, 9.17) is 11.6 Å². The van der Waals surface area contributed by atoms with Gasteiger partial charge in [0.15, 0.2) is 5.78 Å². The molecule has 88 valence electrons. The predicted octanol–water partition coefficient (Wildman–Crippen LogP) is 2.75.